The molecule has 0 bridgehead atoms. The Bertz CT molecular complexity index is 288. The first kappa shape index (κ1) is 11.2. The van der Waals surface area contributed by atoms with E-state index in [4.69, 9.17) is 0 Å². The van der Waals surface area contributed by atoms with Crippen molar-refractivity contribution in [2.24, 2.45) is 0 Å². The fourth-order valence-corrected chi connectivity index (χ4v) is 2.75. The fourth-order valence-electron chi connectivity index (χ4n) is 1.81. The van der Waals surface area contributed by atoms with Gasteiger partial charge in [0.15, 0.2) is 0 Å². The molecular weight excluding hydrogens is 202 g/mol. The number of hydrogen-bond acceptors (Lipinski definition) is 2. The van der Waals surface area contributed by atoms with E-state index in [0.29, 0.717) is 0 Å². The summed E-state index contributed by atoms with van der Waals surface area (Å²) in [6.45, 7) is 3.42. The summed E-state index contributed by atoms with van der Waals surface area (Å²) in [5, 5.41) is 3.56. The van der Waals surface area contributed by atoms with Crippen molar-refractivity contribution < 1.29 is 0 Å². The first-order chi connectivity index (χ1) is 7.34. The normalized spacial score (nSPS) is 15.8. The maximum Gasteiger partial charge on any atom is 0.00682 e. The Morgan fingerprint density at radius 1 is 1.27 bits per heavy atom. The van der Waals surface area contributed by atoms with Gasteiger partial charge in [-0.15, -0.1) is 11.3 Å². The third-order valence-corrected chi connectivity index (χ3v) is 3.97. The van der Waals surface area contributed by atoms with Crippen LogP contribution in [0.1, 0.15) is 41.9 Å². The monoisotopic (exact) mass is 223 g/mol. The van der Waals surface area contributed by atoms with Crippen LogP contribution in [-0.4, -0.2) is 12.6 Å². The molecule has 0 atom stereocenters. The second-order valence-corrected chi connectivity index (χ2v) is 5.92. The van der Waals surface area contributed by atoms with Crippen LogP contribution in [-0.2, 0) is 6.42 Å². The lowest BCUT2D eigenvalue weighted by Crippen LogP contribution is -2.17. The first-order valence-corrected chi connectivity index (χ1v) is 6.95. The van der Waals surface area contributed by atoms with Crippen molar-refractivity contribution in [3.63, 3.8) is 0 Å². The van der Waals surface area contributed by atoms with Crippen molar-refractivity contribution in [3.05, 3.63) is 21.9 Å². The summed E-state index contributed by atoms with van der Waals surface area (Å²) in [7, 11) is 0. The van der Waals surface area contributed by atoms with Crippen LogP contribution in [0, 0.1) is 6.92 Å². The molecule has 1 aromatic heterocycles. The molecule has 0 radical (unpaired) electrons. The van der Waals surface area contributed by atoms with E-state index >= 15 is 0 Å². The molecule has 2 rings (SSSR count). The highest BCUT2D eigenvalue weighted by atomic mass is 32.1. The van der Waals surface area contributed by atoms with Crippen molar-refractivity contribution in [2.75, 3.05) is 6.54 Å². The summed E-state index contributed by atoms with van der Waals surface area (Å²) in [5.41, 5.74) is 0. The van der Waals surface area contributed by atoms with Crippen molar-refractivity contribution in [1.82, 2.24) is 5.32 Å². The van der Waals surface area contributed by atoms with Crippen LogP contribution in [0.4, 0.5) is 0 Å². The molecule has 0 unspecified atom stereocenters. The average Bonchev–Trinajstić information content (AvgIpc) is 2.95. The number of unbranched alkanes of at least 4 members (excludes halogenated alkanes) is 2. The van der Waals surface area contributed by atoms with E-state index in [1.807, 2.05) is 11.3 Å². The number of aryl methyl sites for hydroxylation is 2. The van der Waals surface area contributed by atoms with E-state index in [0.717, 1.165) is 6.04 Å². The molecule has 15 heavy (non-hydrogen) atoms. The predicted octanol–water partition coefficient (Wildman–Crippen LogP) is 3.52. The number of rotatable bonds is 7. The van der Waals surface area contributed by atoms with Crippen molar-refractivity contribution >= 4 is 11.3 Å². The molecule has 1 N–H and O–H groups in total. The van der Waals surface area contributed by atoms with Crippen molar-refractivity contribution in [2.45, 2.75) is 51.5 Å². The highest BCUT2D eigenvalue weighted by Gasteiger charge is 2.19. The highest BCUT2D eigenvalue weighted by Crippen LogP contribution is 2.19. The maximum absolute atomic E-state index is 3.56. The third kappa shape index (κ3) is 4.35. The summed E-state index contributed by atoms with van der Waals surface area (Å²) < 4.78 is 0. The number of thiophene rings is 1. The lowest BCUT2D eigenvalue weighted by molar-refractivity contribution is 0.601. The molecule has 1 fully saturated rings. The summed E-state index contributed by atoms with van der Waals surface area (Å²) in [6.07, 6.45) is 8.18. The van der Waals surface area contributed by atoms with E-state index in [2.05, 4.69) is 24.4 Å². The van der Waals surface area contributed by atoms with Crippen LogP contribution in [0.5, 0.6) is 0 Å². The molecule has 1 heterocycles. The van der Waals surface area contributed by atoms with Gasteiger partial charge in [-0.2, -0.15) is 0 Å². The standard InChI is InChI=1S/C13H21NS/c1-11-6-9-13(15-11)5-3-2-4-10-14-12-7-8-12/h6,9,12,14H,2-5,7-8,10H2,1H3. The van der Waals surface area contributed by atoms with Gasteiger partial charge in [0.05, 0.1) is 0 Å². The zero-order valence-corrected chi connectivity index (χ0v) is 10.4. The van der Waals surface area contributed by atoms with E-state index < -0.39 is 0 Å². The van der Waals surface area contributed by atoms with Crippen molar-refractivity contribution in [1.29, 1.82) is 0 Å². The van der Waals surface area contributed by atoms with Gasteiger partial charge in [-0.05, 0) is 57.7 Å². The number of nitrogens with one attached hydrogen (secondary N) is 1. The molecule has 1 saturated carbocycles. The Morgan fingerprint density at radius 3 is 2.80 bits per heavy atom. The van der Waals surface area contributed by atoms with Crippen LogP contribution in [0.15, 0.2) is 12.1 Å². The first-order valence-electron chi connectivity index (χ1n) is 6.13. The van der Waals surface area contributed by atoms with Crippen LogP contribution in [0.25, 0.3) is 0 Å². The third-order valence-electron chi connectivity index (χ3n) is 2.91. The van der Waals surface area contributed by atoms with Gasteiger partial charge in [0.2, 0.25) is 0 Å². The molecule has 84 valence electrons. The van der Waals surface area contributed by atoms with Gasteiger partial charge in [-0.25, -0.2) is 0 Å². The SMILES string of the molecule is Cc1ccc(CCCCCNC2CC2)s1. The van der Waals surface area contributed by atoms with Gasteiger partial charge >= 0.3 is 0 Å². The van der Waals surface area contributed by atoms with E-state index in [1.54, 1.807) is 4.88 Å². The Hall–Kier alpha value is -0.340. The Labute approximate surface area is 96.9 Å². The van der Waals surface area contributed by atoms with Crippen molar-refractivity contribution in [3.8, 4) is 0 Å². The molecule has 1 aliphatic carbocycles. The Kier molecular flexibility index (Phi) is 4.21. The topological polar surface area (TPSA) is 12.0 Å². The quantitative estimate of drug-likeness (QED) is 0.697. The molecular formula is C13H21NS. The van der Waals surface area contributed by atoms with Gasteiger partial charge in [-0.3, -0.25) is 0 Å². The highest BCUT2D eigenvalue weighted by molar-refractivity contribution is 7.11. The summed E-state index contributed by atoms with van der Waals surface area (Å²) in [4.78, 5) is 3.00. The lowest BCUT2D eigenvalue weighted by Gasteiger charge is -2.01. The Morgan fingerprint density at radius 2 is 2.13 bits per heavy atom. The van der Waals surface area contributed by atoms with Gasteiger partial charge in [0, 0.05) is 15.8 Å². The fraction of sp³-hybridized carbons (Fsp3) is 0.692. The van der Waals surface area contributed by atoms with Crippen LogP contribution >= 0.6 is 11.3 Å². The average molecular weight is 223 g/mol. The van der Waals surface area contributed by atoms with Gasteiger partial charge in [0.1, 0.15) is 0 Å². The van der Waals surface area contributed by atoms with Gasteiger partial charge in [-0.1, -0.05) is 6.42 Å². The smallest absolute Gasteiger partial charge is 0.00682 e. The summed E-state index contributed by atoms with van der Waals surface area (Å²) in [6, 6.07) is 5.39. The molecule has 0 spiro atoms. The molecule has 0 amide bonds. The minimum atomic E-state index is 0.880. The second-order valence-electron chi connectivity index (χ2n) is 4.55. The van der Waals surface area contributed by atoms with E-state index in [9.17, 15) is 0 Å². The van der Waals surface area contributed by atoms with E-state index in [1.165, 1.54) is 49.9 Å². The van der Waals surface area contributed by atoms with Gasteiger partial charge < -0.3 is 5.32 Å². The minimum Gasteiger partial charge on any atom is -0.314 e. The van der Waals surface area contributed by atoms with Crippen LogP contribution in [0.2, 0.25) is 0 Å². The lowest BCUT2D eigenvalue weighted by atomic mass is 10.2. The molecule has 0 aromatic carbocycles. The van der Waals surface area contributed by atoms with Gasteiger partial charge in [0.25, 0.3) is 0 Å². The molecule has 2 heteroatoms. The van der Waals surface area contributed by atoms with Crippen LogP contribution in [0.3, 0.4) is 0 Å². The number of hydrogen-bond donors (Lipinski definition) is 1. The largest absolute Gasteiger partial charge is 0.314 e. The zero-order chi connectivity index (χ0) is 10.5. The molecule has 1 aromatic rings. The summed E-state index contributed by atoms with van der Waals surface area (Å²) in [5.74, 6) is 0. The molecule has 0 aliphatic heterocycles. The molecule has 0 saturated heterocycles. The zero-order valence-electron chi connectivity index (χ0n) is 9.59. The second kappa shape index (κ2) is 5.66. The maximum atomic E-state index is 3.56. The van der Waals surface area contributed by atoms with Crippen LogP contribution < -0.4 is 5.32 Å². The summed E-state index contributed by atoms with van der Waals surface area (Å²) >= 11 is 1.95. The molecule has 1 aliphatic rings. The molecule has 1 nitrogen and oxygen atoms in total. The Balaban J connectivity index is 1.47. The van der Waals surface area contributed by atoms with E-state index in [-0.39, 0.29) is 0 Å². The predicted molar refractivity (Wildman–Crippen MR) is 67.6 cm³/mol. The minimum absolute atomic E-state index is 0.880.